The van der Waals surface area contributed by atoms with Gasteiger partial charge in [-0.15, -0.1) is 0 Å². The zero-order valence-electron chi connectivity index (χ0n) is 17.5. The highest BCUT2D eigenvalue weighted by Crippen LogP contribution is 2.30. The van der Waals surface area contributed by atoms with Crippen LogP contribution in [0.25, 0.3) is 5.65 Å². The Bertz CT molecular complexity index is 1130. The van der Waals surface area contributed by atoms with E-state index in [1.807, 2.05) is 57.7 Å². The number of anilines is 1. The zero-order valence-corrected chi connectivity index (χ0v) is 17.5. The number of aryl methyl sites for hydroxylation is 1. The lowest BCUT2D eigenvalue weighted by Crippen LogP contribution is -2.25. The Balaban J connectivity index is 1.65. The Kier molecular flexibility index (Phi) is 5.57. The minimum atomic E-state index is -0.116. The fourth-order valence-electron chi connectivity index (χ4n) is 3.68. The van der Waals surface area contributed by atoms with Crippen molar-refractivity contribution in [1.82, 2.24) is 14.7 Å². The van der Waals surface area contributed by atoms with E-state index in [1.165, 1.54) is 0 Å². The van der Waals surface area contributed by atoms with Gasteiger partial charge in [-0.2, -0.15) is 0 Å². The van der Waals surface area contributed by atoms with Gasteiger partial charge in [-0.3, -0.25) is 4.79 Å². The minimum Gasteiger partial charge on any atom is -0.467 e. The molecule has 0 fully saturated rings. The second-order valence-corrected chi connectivity index (χ2v) is 7.67. The maximum atomic E-state index is 12.8. The van der Waals surface area contributed by atoms with Gasteiger partial charge in [-0.25, -0.2) is 4.98 Å². The van der Waals surface area contributed by atoms with Gasteiger partial charge in [-0.05, 0) is 48.4 Å². The summed E-state index contributed by atoms with van der Waals surface area (Å²) in [5.41, 5.74) is 5.22. The third kappa shape index (κ3) is 4.08. The number of carbonyl (C=O) groups excluding carboxylic acids is 1. The van der Waals surface area contributed by atoms with Gasteiger partial charge in [0, 0.05) is 44.5 Å². The number of nitrogens with zero attached hydrogens (tertiary/aromatic N) is 3. The fourth-order valence-corrected chi connectivity index (χ4v) is 3.68. The number of carbonyl (C=O) groups is 1. The third-order valence-corrected chi connectivity index (χ3v) is 5.36. The Morgan fingerprint density at radius 3 is 2.67 bits per heavy atom. The first-order valence-electron chi connectivity index (χ1n) is 10.0. The van der Waals surface area contributed by atoms with Crippen LogP contribution in [0.1, 0.15) is 34.9 Å². The average Bonchev–Trinajstić information content (AvgIpc) is 3.41. The van der Waals surface area contributed by atoms with E-state index in [-0.39, 0.29) is 11.8 Å². The first-order valence-corrected chi connectivity index (χ1v) is 10.0. The molecule has 0 aliphatic rings. The number of aromatic nitrogens is 2. The standard InChI is InChI=1S/C24H26N4O2/c1-17-6-4-12-28-22(16-26-24(17)28)21(18-8-10-19(11-9-18)27(2)3)14-23(29)25-15-20-7-5-13-30-20/h4-13,16,21H,14-15H2,1-3H3,(H,25,29). The van der Waals surface area contributed by atoms with E-state index >= 15 is 0 Å². The second kappa shape index (κ2) is 8.45. The van der Waals surface area contributed by atoms with Crippen LogP contribution in [0.5, 0.6) is 0 Å². The Morgan fingerprint density at radius 1 is 1.17 bits per heavy atom. The van der Waals surface area contributed by atoms with E-state index in [2.05, 4.69) is 43.9 Å². The molecule has 0 bridgehead atoms. The van der Waals surface area contributed by atoms with Gasteiger partial charge in [0.1, 0.15) is 11.4 Å². The third-order valence-electron chi connectivity index (χ3n) is 5.36. The smallest absolute Gasteiger partial charge is 0.221 e. The van der Waals surface area contributed by atoms with E-state index in [9.17, 15) is 4.79 Å². The molecular formula is C24H26N4O2. The molecule has 0 spiro atoms. The molecule has 154 valence electrons. The van der Waals surface area contributed by atoms with Crippen molar-refractivity contribution in [2.24, 2.45) is 0 Å². The summed E-state index contributed by atoms with van der Waals surface area (Å²) < 4.78 is 7.40. The summed E-state index contributed by atoms with van der Waals surface area (Å²) in [6, 6.07) is 16.1. The first kappa shape index (κ1) is 19.8. The number of benzene rings is 1. The van der Waals surface area contributed by atoms with E-state index in [4.69, 9.17) is 4.42 Å². The van der Waals surface area contributed by atoms with Crippen molar-refractivity contribution < 1.29 is 9.21 Å². The fraction of sp³-hybridized carbons (Fsp3) is 0.250. The van der Waals surface area contributed by atoms with Crippen LogP contribution >= 0.6 is 0 Å². The topological polar surface area (TPSA) is 62.8 Å². The maximum Gasteiger partial charge on any atom is 0.221 e. The van der Waals surface area contributed by atoms with Gasteiger partial charge in [0.25, 0.3) is 0 Å². The molecule has 1 N–H and O–H groups in total. The lowest BCUT2D eigenvalue weighted by Gasteiger charge is -2.19. The molecule has 0 saturated carbocycles. The number of pyridine rings is 1. The molecule has 0 aliphatic carbocycles. The molecule has 0 saturated heterocycles. The second-order valence-electron chi connectivity index (χ2n) is 7.67. The normalized spacial score (nSPS) is 12.1. The highest BCUT2D eigenvalue weighted by Gasteiger charge is 2.22. The number of fused-ring (bicyclic) bond motifs is 1. The van der Waals surface area contributed by atoms with Crippen molar-refractivity contribution in [3.8, 4) is 0 Å². The summed E-state index contributed by atoms with van der Waals surface area (Å²) in [5.74, 6) is 0.589. The van der Waals surface area contributed by atoms with Crippen LogP contribution in [0, 0.1) is 6.92 Å². The maximum absolute atomic E-state index is 12.8. The predicted octanol–water partition coefficient (Wildman–Crippen LogP) is 4.14. The van der Waals surface area contributed by atoms with Gasteiger partial charge in [-0.1, -0.05) is 18.2 Å². The molecule has 0 radical (unpaired) electrons. The van der Waals surface area contributed by atoms with E-state index in [0.717, 1.165) is 33.9 Å². The van der Waals surface area contributed by atoms with Crippen molar-refractivity contribution in [2.45, 2.75) is 25.8 Å². The molecular weight excluding hydrogens is 376 g/mol. The number of hydrogen-bond acceptors (Lipinski definition) is 4. The molecule has 6 heteroatoms. The summed E-state index contributed by atoms with van der Waals surface area (Å²) in [5, 5.41) is 2.97. The predicted molar refractivity (Wildman–Crippen MR) is 118 cm³/mol. The number of imidazole rings is 1. The van der Waals surface area contributed by atoms with Crippen LogP contribution in [-0.2, 0) is 11.3 Å². The van der Waals surface area contributed by atoms with Gasteiger partial charge >= 0.3 is 0 Å². The number of hydrogen-bond donors (Lipinski definition) is 1. The van der Waals surface area contributed by atoms with Gasteiger partial charge in [0.05, 0.1) is 18.5 Å². The summed E-state index contributed by atoms with van der Waals surface area (Å²) >= 11 is 0. The highest BCUT2D eigenvalue weighted by molar-refractivity contribution is 5.77. The lowest BCUT2D eigenvalue weighted by atomic mass is 9.92. The van der Waals surface area contributed by atoms with Crippen molar-refractivity contribution in [1.29, 1.82) is 0 Å². The van der Waals surface area contributed by atoms with Crippen LogP contribution in [0.4, 0.5) is 5.69 Å². The molecule has 1 amide bonds. The quantitative estimate of drug-likeness (QED) is 0.505. The molecule has 6 nitrogen and oxygen atoms in total. The van der Waals surface area contributed by atoms with E-state index in [0.29, 0.717) is 13.0 Å². The molecule has 4 aromatic rings. The summed E-state index contributed by atoms with van der Waals surface area (Å²) in [6.45, 7) is 2.42. The van der Waals surface area contributed by atoms with E-state index < -0.39 is 0 Å². The summed E-state index contributed by atoms with van der Waals surface area (Å²) in [4.78, 5) is 19.5. The SMILES string of the molecule is Cc1cccn2c(C(CC(=O)NCc3ccco3)c3ccc(N(C)C)cc3)cnc12. The summed E-state index contributed by atoms with van der Waals surface area (Å²) in [7, 11) is 4.03. The van der Waals surface area contributed by atoms with Crippen molar-refractivity contribution in [3.05, 3.63) is 89.8 Å². The molecule has 1 aromatic carbocycles. The summed E-state index contributed by atoms with van der Waals surface area (Å²) in [6.07, 6.45) is 5.82. The first-order chi connectivity index (χ1) is 14.5. The van der Waals surface area contributed by atoms with Gasteiger partial charge < -0.3 is 19.0 Å². The van der Waals surface area contributed by atoms with Gasteiger partial charge in [0.2, 0.25) is 5.91 Å². The zero-order chi connectivity index (χ0) is 21.1. The molecule has 1 unspecified atom stereocenters. The van der Waals surface area contributed by atoms with Crippen molar-refractivity contribution in [3.63, 3.8) is 0 Å². The van der Waals surface area contributed by atoms with E-state index in [1.54, 1.807) is 6.26 Å². The lowest BCUT2D eigenvalue weighted by molar-refractivity contribution is -0.121. The molecule has 0 aliphatic heterocycles. The molecule has 30 heavy (non-hydrogen) atoms. The number of nitrogens with one attached hydrogen (secondary N) is 1. The number of furan rings is 1. The minimum absolute atomic E-state index is 0.0318. The average molecular weight is 402 g/mol. The van der Waals surface area contributed by atoms with Crippen molar-refractivity contribution in [2.75, 3.05) is 19.0 Å². The number of amides is 1. The van der Waals surface area contributed by atoms with Crippen molar-refractivity contribution >= 4 is 17.2 Å². The Morgan fingerprint density at radius 2 is 1.97 bits per heavy atom. The van der Waals surface area contributed by atoms with Crippen LogP contribution < -0.4 is 10.2 Å². The monoisotopic (exact) mass is 402 g/mol. The van der Waals surface area contributed by atoms with Crippen LogP contribution in [0.15, 0.2) is 71.6 Å². The highest BCUT2D eigenvalue weighted by atomic mass is 16.3. The Labute approximate surface area is 176 Å². The van der Waals surface area contributed by atoms with Crippen LogP contribution in [-0.4, -0.2) is 29.4 Å². The van der Waals surface area contributed by atoms with Crippen LogP contribution in [0.2, 0.25) is 0 Å². The Hall–Kier alpha value is -3.54. The molecule has 4 rings (SSSR count). The molecule has 3 heterocycles. The number of rotatable bonds is 7. The van der Waals surface area contributed by atoms with Crippen LogP contribution in [0.3, 0.4) is 0 Å². The molecule has 1 atom stereocenters. The largest absolute Gasteiger partial charge is 0.467 e. The van der Waals surface area contributed by atoms with Gasteiger partial charge in [0.15, 0.2) is 0 Å². The molecule has 3 aromatic heterocycles.